The highest BCUT2D eigenvalue weighted by atomic mass is 16.5. The van der Waals surface area contributed by atoms with E-state index in [4.69, 9.17) is 10.5 Å². The van der Waals surface area contributed by atoms with Gasteiger partial charge in [-0.05, 0) is 39.3 Å². The first-order valence-corrected chi connectivity index (χ1v) is 7.17. The fourth-order valence-electron chi connectivity index (χ4n) is 3.27. The van der Waals surface area contributed by atoms with E-state index in [1.807, 2.05) is 18.7 Å². The number of likely N-dealkylation sites (tertiary alicyclic amines) is 1. The van der Waals surface area contributed by atoms with Crippen molar-refractivity contribution in [1.29, 1.82) is 0 Å². The summed E-state index contributed by atoms with van der Waals surface area (Å²) in [6.45, 7) is 6.45. The maximum Gasteiger partial charge on any atom is 0.216 e. The van der Waals surface area contributed by atoms with Crippen LogP contribution in [0, 0.1) is 6.92 Å². The lowest BCUT2D eigenvalue weighted by Gasteiger charge is -2.39. The molecule has 1 saturated heterocycles. The van der Waals surface area contributed by atoms with Crippen LogP contribution >= 0.6 is 0 Å². The molecule has 2 atom stereocenters. The molecule has 0 spiro atoms. The van der Waals surface area contributed by atoms with E-state index in [0.717, 1.165) is 37.5 Å². The zero-order valence-corrected chi connectivity index (χ0v) is 12.5. The van der Waals surface area contributed by atoms with E-state index in [9.17, 15) is 0 Å². The molecular weight excluding hydrogens is 240 g/mol. The molecule has 1 fully saturated rings. The average Bonchev–Trinajstić information content (AvgIpc) is 2.64. The second-order valence-corrected chi connectivity index (χ2v) is 5.42. The SMILES string of the molecule is CCCN1CCCC(N)C1c1c(C)nn(C)c1OC. The summed E-state index contributed by atoms with van der Waals surface area (Å²) < 4.78 is 7.36. The predicted octanol–water partition coefficient (Wildman–Crippen LogP) is 1.61. The third kappa shape index (κ3) is 2.62. The summed E-state index contributed by atoms with van der Waals surface area (Å²) in [5.41, 5.74) is 8.60. The molecule has 108 valence electrons. The van der Waals surface area contributed by atoms with Gasteiger partial charge in [0, 0.05) is 13.1 Å². The van der Waals surface area contributed by atoms with E-state index < -0.39 is 0 Å². The van der Waals surface area contributed by atoms with Gasteiger partial charge in [0.15, 0.2) is 0 Å². The van der Waals surface area contributed by atoms with Gasteiger partial charge in [-0.1, -0.05) is 6.92 Å². The third-order valence-electron chi connectivity index (χ3n) is 4.00. The van der Waals surface area contributed by atoms with E-state index in [2.05, 4.69) is 16.9 Å². The molecule has 19 heavy (non-hydrogen) atoms. The Kier molecular flexibility index (Phi) is 4.47. The molecule has 1 aliphatic heterocycles. The van der Waals surface area contributed by atoms with Gasteiger partial charge in [-0.15, -0.1) is 0 Å². The topological polar surface area (TPSA) is 56.3 Å². The number of hydrogen-bond acceptors (Lipinski definition) is 4. The molecule has 1 aromatic heterocycles. The zero-order valence-electron chi connectivity index (χ0n) is 12.5. The standard InChI is InChI=1S/C14H26N4O/c1-5-8-18-9-6-7-11(15)13(18)12-10(2)16-17(3)14(12)19-4/h11,13H,5-9,15H2,1-4H3. The van der Waals surface area contributed by atoms with Crippen LogP contribution in [0.2, 0.25) is 0 Å². The van der Waals surface area contributed by atoms with E-state index in [1.165, 1.54) is 12.0 Å². The Morgan fingerprint density at radius 1 is 1.47 bits per heavy atom. The number of nitrogens with two attached hydrogens (primary N) is 1. The molecule has 0 aromatic carbocycles. The lowest BCUT2D eigenvalue weighted by Crippen LogP contribution is -2.46. The lowest BCUT2D eigenvalue weighted by atomic mass is 9.90. The quantitative estimate of drug-likeness (QED) is 0.899. The number of aryl methyl sites for hydroxylation is 2. The minimum atomic E-state index is 0.164. The minimum Gasteiger partial charge on any atom is -0.481 e. The number of aromatic nitrogens is 2. The number of nitrogens with zero attached hydrogens (tertiary/aromatic N) is 3. The van der Waals surface area contributed by atoms with Gasteiger partial charge in [-0.2, -0.15) is 5.10 Å². The summed E-state index contributed by atoms with van der Waals surface area (Å²) in [7, 11) is 3.63. The molecule has 0 radical (unpaired) electrons. The van der Waals surface area contributed by atoms with Gasteiger partial charge in [-0.25, -0.2) is 4.68 Å². The first kappa shape index (κ1) is 14.3. The summed E-state index contributed by atoms with van der Waals surface area (Å²) in [6.07, 6.45) is 3.40. The third-order valence-corrected chi connectivity index (χ3v) is 4.00. The summed E-state index contributed by atoms with van der Waals surface area (Å²) in [6, 6.07) is 0.398. The highest BCUT2D eigenvalue weighted by molar-refractivity contribution is 5.35. The van der Waals surface area contributed by atoms with Crippen LogP contribution in [0.5, 0.6) is 5.88 Å². The summed E-state index contributed by atoms with van der Waals surface area (Å²) >= 11 is 0. The first-order valence-electron chi connectivity index (χ1n) is 7.17. The maximum atomic E-state index is 6.40. The van der Waals surface area contributed by atoms with Crippen molar-refractivity contribution >= 4 is 0 Å². The van der Waals surface area contributed by atoms with E-state index in [1.54, 1.807) is 7.11 Å². The van der Waals surface area contributed by atoms with Crippen molar-refractivity contribution < 1.29 is 4.74 Å². The smallest absolute Gasteiger partial charge is 0.216 e. The monoisotopic (exact) mass is 266 g/mol. The van der Waals surface area contributed by atoms with Crippen LogP contribution < -0.4 is 10.5 Å². The molecule has 0 aliphatic carbocycles. The highest BCUT2D eigenvalue weighted by Gasteiger charge is 2.35. The Balaban J connectivity index is 2.40. The molecule has 0 amide bonds. The molecule has 0 bridgehead atoms. The minimum absolute atomic E-state index is 0.164. The number of piperidine rings is 1. The van der Waals surface area contributed by atoms with Crippen molar-refractivity contribution in [3.05, 3.63) is 11.3 Å². The number of hydrogen-bond donors (Lipinski definition) is 1. The van der Waals surface area contributed by atoms with Crippen LogP contribution in [0.25, 0.3) is 0 Å². The molecule has 2 unspecified atom stereocenters. The van der Waals surface area contributed by atoms with E-state index in [0.29, 0.717) is 0 Å². The van der Waals surface area contributed by atoms with E-state index >= 15 is 0 Å². The normalized spacial score (nSPS) is 24.7. The van der Waals surface area contributed by atoms with Crippen molar-refractivity contribution in [3.63, 3.8) is 0 Å². The molecule has 1 aromatic rings. The van der Waals surface area contributed by atoms with Crippen LogP contribution in [0.4, 0.5) is 0 Å². The summed E-state index contributed by atoms with van der Waals surface area (Å²) in [4.78, 5) is 2.49. The average molecular weight is 266 g/mol. The molecule has 2 rings (SSSR count). The van der Waals surface area contributed by atoms with Crippen molar-refractivity contribution in [2.45, 2.75) is 45.2 Å². The van der Waals surface area contributed by atoms with Crippen LogP contribution in [-0.2, 0) is 7.05 Å². The van der Waals surface area contributed by atoms with Gasteiger partial charge in [-0.3, -0.25) is 4.90 Å². The van der Waals surface area contributed by atoms with E-state index in [-0.39, 0.29) is 12.1 Å². The van der Waals surface area contributed by atoms with Crippen LogP contribution in [-0.4, -0.2) is 40.9 Å². The molecule has 5 heteroatoms. The second kappa shape index (κ2) is 5.92. The Morgan fingerprint density at radius 2 is 2.21 bits per heavy atom. The molecule has 2 N–H and O–H groups in total. The Bertz CT molecular complexity index is 427. The van der Waals surface area contributed by atoms with Crippen molar-refractivity contribution in [2.24, 2.45) is 12.8 Å². The fraction of sp³-hybridized carbons (Fsp3) is 0.786. The molecule has 2 heterocycles. The Labute approximate surface area is 115 Å². The van der Waals surface area contributed by atoms with Crippen molar-refractivity contribution in [1.82, 2.24) is 14.7 Å². The van der Waals surface area contributed by atoms with Crippen LogP contribution in [0.3, 0.4) is 0 Å². The van der Waals surface area contributed by atoms with Gasteiger partial charge in [0.2, 0.25) is 5.88 Å². The van der Waals surface area contributed by atoms with Crippen molar-refractivity contribution in [3.8, 4) is 5.88 Å². The van der Waals surface area contributed by atoms with Gasteiger partial charge >= 0.3 is 0 Å². The predicted molar refractivity (Wildman–Crippen MR) is 76.3 cm³/mol. The molecule has 5 nitrogen and oxygen atoms in total. The number of rotatable bonds is 4. The molecular formula is C14H26N4O. The fourth-order valence-corrected chi connectivity index (χ4v) is 3.27. The van der Waals surface area contributed by atoms with Gasteiger partial charge in [0.1, 0.15) is 0 Å². The summed E-state index contributed by atoms with van der Waals surface area (Å²) in [5, 5.41) is 4.50. The maximum absolute atomic E-state index is 6.40. The first-order chi connectivity index (χ1) is 9.10. The second-order valence-electron chi connectivity index (χ2n) is 5.42. The Hall–Kier alpha value is -1.07. The number of ether oxygens (including phenoxy) is 1. The van der Waals surface area contributed by atoms with Gasteiger partial charge in [0.05, 0.1) is 24.4 Å². The molecule has 1 aliphatic rings. The molecule has 0 saturated carbocycles. The lowest BCUT2D eigenvalue weighted by molar-refractivity contribution is 0.125. The summed E-state index contributed by atoms with van der Waals surface area (Å²) in [5.74, 6) is 0.848. The van der Waals surface area contributed by atoms with Crippen LogP contribution in [0.15, 0.2) is 0 Å². The zero-order chi connectivity index (χ0) is 14.0. The number of methoxy groups -OCH3 is 1. The van der Waals surface area contributed by atoms with Gasteiger partial charge < -0.3 is 10.5 Å². The highest BCUT2D eigenvalue weighted by Crippen LogP contribution is 2.37. The Morgan fingerprint density at radius 3 is 2.84 bits per heavy atom. The van der Waals surface area contributed by atoms with Crippen LogP contribution in [0.1, 0.15) is 43.5 Å². The van der Waals surface area contributed by atoms with Crippen molar-refractivity contribution in [2.75, 3.05) is 20.2 Å². The van der Waals surface area contributed by atoms with Gasteiger partial charge in [0.25, 0.3) is 0 Å². The largest absolute Gasteiger partial charge is 0.481 e.